The van der Waals surface area contributed by atoms with Gasteiger partial charge in [-0.15, -0.1) is 12.4 Å². The molecule has 1 heterocycles. The molecule has 3 aromatic rings. The molecule has 1 N–H and O–H groups in total. The smallest absolute Gasteiger partial charge is 0.210 e. The molecule has 25 heavy (non-hydrogen) atoms. The molecule has 0 unspecified atom stereocenters. The molecule has 4 nitrogen and oxygen atoms in total. The van der Waals surface area contributed by atoms with E-state index in [4.69, 9.17) is 4.42 Å². The normalized spacial score (nSPS) is 11.1. The van der Waals surface area contributed by atoms with Gasteiger partial charge in [-0.05, 0) is 31.7 Å². The van der Waals surface area contributed by atoms with Crippen molar-refractivity contribution in [3.8, 4) is 11.3 Å². The van der Waals surface area contributed by atoms with Gasteiger partial charge >= 0.3 is 0 Å². The Morgan fingerprint density at radius 2 is 1.64 bits per heavy atom. The van der Waals surface area contributed by atoms with E-state index in [1.54, 1.807) is 43.4 Å². The molecule has 0 atom stereocenters. The Hall–Kier alpha value is -2.08. The highest BCUT2D eigenvalue weighted by molar-refractivity contribution is 7.91. The van der Waals surface area contributed by atoms with Crippen molar-refractivity contribution in [3.63, 3.8) is 0 Å². The summed E-state index contributed by atoms with van der Waals surface area (Å²) >= 11 is 0. The first-order valence-electron chi connectivity index (χ1n) is 7.67. The van der Waals surface area contributed by atoms with Gasteiger partial charge in [-0.3, -0.25) is 0 Å². The average Bonchev–Trinajstić information content (AvgIpc) is 3.01. The number of benzene rings is 2. The lowest BCUT2D eigenvalue weighted by molar-refractivity contribution is 0.504. The Labute approximate surface area is 154 Å². The van der Waals surface area contributed by atoms with Crippen molar-refractivity contribution in [2.45, 2.75) is 23.3 Å². The summed E-state index contributed by atoms with van der Waals surface area (Å²) in [5.41, 5.74) is 1.75. The highest BCUT2D eigenvalue weighted by Gasteiger charge is 2.27. The Bertz CT molecular complexity index is 950. The zero-order valence-electron chi connectivity index (χ0n) is 14.0. The predicted molar refractivity (Wildman–Crippen MR) is 101 cm³/mol. The molecule has 3 rings (SSSR count). The molecule has 0 aliphatic heterocycles. The summed E-state index contributed by atoms with van der Waals surface area (Å²) in [5, 5.41) is 2.99. The van der Waals surface area contributed by atoms with Crippen molar-refractivity contribution in [1.82, 2.24) is 5.32 Å². The number of nitrogens with one attached hydrogen (secondary N) is 1. The van der Waals surface area contributed by atoms with Crippen LogP contribution in [0.1, 0.15) is 11.3 Å². The second kappa shape index (κ2) is 7.87. The predicted octanol–water partition coefficient (Wildman–Crippen LogP) is 4.23. The number of hydrogen-bond donors (Lipinski definition) is 1. The van der Waals surface area contributed by atoms with E-state index in [0.29, 0.717) is 18.1 Å². The molecule has 6 heteroatoms. The minimum atomic E-state index is -3.65. The Morgan fingerprint density at radius 3 is 2.28 bits per heavy atom. The molecule has 0 saturated carbocycles. The molecule has 0 aliphatic carbocycles. The molecule has 0 radical (unpaired) electrons. The van der Waals surface area contributed by atoms with Crippen LogP contribution in [-0.2, 0) is 16.4 Å². The van der Waals surface area contributed by atoms with Crippen molar-refractivity contribution >= 4 is 22.2 Å². The van der Waals surface area contributed by atoms with Gasteiger partial charge in [0.15, 0.2) is 5.76 Å². The topological polar surface area (TPSA) is 59.3 Å². The number of furan rings is 1. The largest absolute Gasteiger partial charge is 0.458 e. The summed E-state index contributed by atoms with van der Waals surface area (Å²) < 4.78 is 32.0. The number of aryl methyl sites for hydroxylation is 1. The lowest BCUT2D eigenvalue weighted by atomic mass is 10.1. The summed E-state index contributed by atoms with van der Waals surface area (Å²) in [6.45, 7) is 2.40. The SMILES string of the molecule is CNCc1cc(S(=O)(=O)c2ccccc2)c(-c2ccccc2C)o1.Cl. The Morgan fingerprint density at radius 1 is 1.00 bits per heavy atom. The van der Waals surface area contributed by atoms with Crippen LogP contribution in [0.25, 0.3) is 11.3 Å². The van der Waals surface area contributed by atoms with Crippen LogP contribution in [0.15, 0.2) is 74.9 Å². The molecule has 0 aliphatic rings. The number of rotatable bonds is 5. The van der Waals surface area contributed by atoms with Gasteiger partial charge in [0.1, 0.15) is 10.7 Å². The van der Waals surface area contributed by atoms with Crippen LogP contribution in [0.4, 0.5) is 0 Å². The van der Waals surface area contributed by atoms with Gasteiger partial charge < -0.3 is 9.73 Å². The number of hydrogen-bond acceptors (Lipinski definition) is 4. The zero-order chi connectivity index (χ0) is 17.2. The maximum atomic E-state index is 13.1. The second-order valence-corrected chi connectivity index (χ2v) is 7.49. The standard InChI is InChI=1S/C19H19NO3S.ClH/c1-14-8-6-7-11-17(14)19-18(12-15(23-19)13-20-2)24(21,22)16-9-4-3-5-10-16;/h3-12,20H,13H2,1-2H3;1H. The van der Waals surface area contributed by atoms with Crippen LogP contribution in [0.3, 0.4) is 0 Å². The van der Waals surface area contributed by atoms with Crippen molar-refractivity contribution in [1.29, 1.82) is 0 Å². The third kappa shape index (κ3) is 3.79. The van der Waals surface area contributed by atoms with Crippen molar-refractivity contribution in [2.24, 2.45) is 0 Å². The first-order valence-corrected chi connectivity index (χ1v) is 9.16. The summed E-state index contributed by atoms with van der Waals surface area (Å²) in [7, 11) is -1.86. The monoisotopic (exact) mass is 377 g/mol. The molecular weight excluding hydrogens is 358 g/mol. The van der Waals surface area contributed by atoms with Crippen molar-refractivity contribution < 1.29 is 12.8 Å². The van der Waals surface area contributed by atoms with E-state index in [1.165, 1.54) is 0 Å². The summed E-state index contributed by atoms with van der Waals surface area (Å²) in [6, 6.07) is 17.6. The van der Waals surface area contributed by atoms with Crippen LogP contribution in [0.5, 0.6) is 0 Å². The van der Waals surface area contributed by atoms with Crippen LogP contribution in [0, 0.1) is 6.92 Å². The lowest BCUT2D eigenvalue weighted by Crippen LogP contribution is -2.04. The lowest BCUT2D eigenvalue weighted by Gasteiger charge is -2.07. The van der Waals surface area contributed by atoms with E-state index in [0.717, 1.165) is 11.1 Å². The quantitative estimate of drug-likeness (QED) is 0.722. The zero-order valence-corrected chi connectivity index (χ0v) is 15.7. The minimum Gasteiger partial charge on any atom is -0.458 e. The molecule has 0 saturated heterocycles. The van der Waals surface area contributed by atoms with Crippen molar-refractivity contribution in [3.05, 3.63) is 72.0 Å². The van der Waals surface area contributed by atoms with Crippen LogP contribution in [-0.4, -0.2) is 15.5 Å². The van der Waals surface area contributed by atoms with Crippen LogP contribution in [0.2, 0.25) is 0 Å². The maximum absolute atomic E-state index is 13.1. The molecule has 0 spiro atoms. The van der Waals surface area contributed by atoms with E-state index in [1.807, 2.05) is 31.2 Å². The molecule has 2 aromatic carbocycles. The van der Waals surface area contributed by atoms with Gasteiger partial charge in [-0.2, -0.15) is 0 Å². The van der Waals surface area contributed by atoms with Crippen LogP contribution >= 0.6 is 12.4 Å². The fourth-order valence-electron chi connectivity index (χ4n) is 2.63. The van der Waals surface area contributed by atoms with Gasteiger partial charge in [0.2, 0.25) is 9.84 Å². The second-order valence-electron chi connectivity index (χ2n) is 5.57. The highest BCUT2D eigenvalue weighted by atomic mass is 35.5. The summed E-state index contributed by atoms with van der Waals surface area (Å²) in [4.78, 5) is 0.463. The summed E-state index contributed by atoms with van der Waals surface area (Å²) in [6.07, 6.45) is 0. The van der Waals surface area contributed by atoms with E-state index < -0.39 is 9.84 Å². The molecule has 0 amide bonds. The van der Waals surface area contributed by atoms with E-state index >= 15 is 0 Å². The van der Waals surface area contributed by atoms with Gasteiger partial charge in [0.25, 0.3) is 0 Å². The summed E-state index contributed by atoms with van der Waals surface area (Å²) in [5.74, 6) is 0.979. The Kier molecular flexibility index (Phi) is 6.06. The number of halogens is 1. The molecule has 0 fully saturated rings. The average molecular weight is 378 g/mol. The van der Waals surface area contributed by atoms with Crippen molar-refractivity contribution in [2.75, 3.05) is 7.05 Å². The van der Waals surface area contributed by atoms with Crippen LogP contribution < -0.4 is 5.32 Å². The fraction of sp³-hybridized carbons (Fsp3) is 0.158. The van der Waals surface area contributed by atoms with Gasteiger partial charge in [0, 0.05) is 11.6 Å². The van der Waals surface area contributed by atoms with Gasteiger partial charge in [0.05, 0.1) is 11.4 Å². The highest BCUT2D eigenvalue weighted by Crippen LogP contribution is 2.35. The molecule has 132 valence electrons. The van der Waals surface area contributed by atoms with Gasteiger partial charge in [-0.1, -0.05) is 42.5 Å². The first kappa shape index (κ1) is 19.2. The van der Waals surface area contributed by atoms with E-state index in [2.05, 4.69) is 5.32 Å². The van der Waals surface area contributed by atoms with E-state index in [-0.39, 0.29) is 22.2 Å². The fourth-order valence-corrected chi connectivity index (χ4v) is 4.08. The first-order chi connectivity index (χ1) is 11.5. The number of sulfone groups is 1. The molecule has 1 aromatic heterocycles. The maximum Gasteiger partial charge on any atom is 0.210 e. The van der Waals surface area contributed by atoms with E-state index in [9.17, 15) is 8.42 Å². The third-order valence-electron chi connectivity index (χ3n) is 3.83. The molecule has 0 bridgehead atoms. The third-order valence-corrected chi connectivity index (χ3v) is 5.61. The Balaban J connectivity index is 0.00000225. The molecular formula is C19H20ClNO3S. The van der Waals surface area contributed by atoms with Gasteiger partial charge in [-0.25, -0.2) is 8.42 Å². The minimum absolute atomic E-state index is 0.